The molecule has 0 aliphatic carbocycles. The van der Waals surface area contributed by atoms with Gasteiger partial charge in [-0.2, -0.15) is 0 Å². The summed E-state index contributed by atoms with van der Waals surface area (Å²) in [6.45, 7) is 7.09. The zero-order chi connectivity index (χ0) is 14.8. The Morgan fingerprint density at radius 1 is 1.20 bits per heavy atom. The van der Waals surface area contributed by atoms with E-state index in [0.29, 0.717) is 26.2 Å². The summed E-state index contributed by atoms with van der Waals surface area (Å²) in [6.07, 6.45) is 3.11. The molecule has 20 heavy (non-hydrogen) atoms. The smallest absolute Gasteiger partial charge is 0.320 e. The molecule has 0 saturated carbocycles. The van der Waals surface area contributed by atoms with Crippen LogP contribution in [0.2, 0.25) is 0 Å². The van der Waals surface area contributed by atoms with E-state index in [-0.39, 0.29) is 5.91 Å². The molecule has 2 aliphatic rings. The lowest BCUT2D eigenvalue weighted by Crippen LogP contribution is -2.62. The standard InChI is InChI=1S/C14H25N3O3/c1-11(12(18)19)16-7-9-17(10-8-16)13(20)14(2)5-3-4-6-15-14/h11,15H,3-10H2,1-2H3,(H,18,19). The molecule has 0 aromatic heterocycles. The van der Waals surface area contributed by atoms with E-state index in [9.17, 15) is 9.59 Å². The highest BCUT2D eigenvalue weighted by Crippen LogP contribution is 2.22. The van der Waals surface area contributed by atoms with Gasteiger partial charge in [0.25, 0.3) is 0 Å². The SMILES string of the molecule is CC(C(=O)O)N1CCN(C(=O)C2(C)CCCCN2)CC1. The Kier molecular flexibility index (Phi) is 4.65. The summed E-state index contributed by atoms with van der Waals surface area (Å²) < 4.78 is 0. The van der Waals surface area contributed by atoms with Gasteiger partial charge in [-0.05, 0) is 39.7 Å². The first-order valence-electron chi connectivity index (χ1n) is 7.45. The van der Waals surface area contributed by atoms with Crippen LogP contribution in [0, 0.1) is 0 Å². The second kappa shape index (κ2) is 6.10. The maximum Gasteiger partial charge on any atom is 0.320 e. The van der Waals surface area contributed by atoms with E-state index in [1.807, 2.05) is 16.7 Å². The predicted molar refractivity (Wildman–Crippen MR) is 75.5 cm³/mol. The van der Waals surface area contributed by atoms with E-state index < -0.39 is 17.6 Å². The average Bonchev–Trinajstić information content (AvgIpc) is 2.46. The molecule has 2 fully saturated rings. The Hall–Kier alpha value is -1.14. The summed E-state index contributed by atoms with van der Waals surface area (Å²) in [5.74, 6) is -0.634. The number of carboxylic acid groups (broad SMARTS) is 1. The third-order valence-corrected chi connectivity index (χ3v) is 4.60. The van der Waals surface area contributed by atoms with Crippen molar-refractivity contribution in [3.05, 3.63) is 0 Å². The topological polar surface area (TPSA) is 72.9 Å². The number of piperidine rings is 1. The third kappa shape index (κ3) is 3.12. The maximum absolute atomic E-state index is 12.6. The molecule has 2 atom stereocenters. The molecular weight excluding hydrogens is 258 g/mol. The van der Waals surface area contributed by atoms with Crippen molar-refractivity contribution < 1.29 is 14.7 Å². The van der Waals surface area contributed by atoms with Gasteiger partial charge in [-0.25, -0.2) is 0 Å². The molecule has 0 spiro atoms. The molecule has 0 aromatic rings. The maximum atomic E-state index is 12.6. The molecule has 6 nitrogen and oxygen atoms in total. The number of hydrogen-bond donors (Lipinski definition) is 2. The van der Waals surface area contributed by atoms with Crippen molar-refractivity contribution >= 4 is 11.9 Å². The Morgan fingerprint density at radius 2 is 1.85 bits per heavy atom. The highest BCUT2D eigenvalue weighted by atomic mass is 16.4. The largest absolute Gasteiger partial charge is 0.480 e. The monoisotopic (exact) mass is 283 g/mol. The summed E-state index contributed by atoms with van der Waals surface area (Å²) >= 11 is 0. The van der Waals surface area contributed by atoms with E-state index in [1.165, 1.54) is 0 Å². The average molecular weight is 283 g/mol. The van der Waals surface area contributed by atoms with Crippen molar-refractivity contribution in [2.75, 3.05) is 32.7 Å². The predicted octanol–water partition coefficient (Wildman–Crippen LogP) is 0.136. The van der Waals surface area contributed by atoms with E-state index in [0.717, 1.165) is 25.8 Å². The molecule has 114 valence electrons. The van der Waals surface area contributed by atoms with Crippen LogP contribution in [0.3, 0.4) is 0 Å². The minimum absolute atomic E-state index is 0.167. The Balaban J connectivity index is 1.90. The van der Waals surface area contributed by atoms with E-state index in [2.05, 4.69) is 5.32 Å². The molecule has 0 aromatic carbocycles. The van der Waals surface area contributed by atoms with E-state index in [1.54, 1.807) is 6.92 Å². The van der Waals surface area contributed by atoms with Gasteiger partial charge in [0.05, 0.1) is 5.54 Å². The number of nitrogens with one attached hydrogen (secondary N) is 1. The number of carbonyl (C=O) groups excluding carboxylic acids is 1. The number of nitrogens with zero attached hydrogens (tertiary/aromatic N) is 2. The van der Waals surface area contributed by atoms with Gasteiger partial charge in [-0.15, -0.1) is 0 Å². The number of hydrogen-bond acceptors (Lipinski definition) is 4. The molecule has 0 bridgehead atoms. The number of carbonyl (C=O) groups is 2. The van der Waals surface area contributed by atoms with Crippen LogP contribution in [0.4, 0.5) is 0 Å². The second-order valence-corrected chi connectivity index (χ2v) is 6.06. The van der Waals surface area contributed by atoms with Gasteiger partial charge in [0.2, 0.25) is 5.91 Å². The van der Waals surface area contributed by atoms with Crippen molar-refractivity contribution in [1.82, 2.24) is 15.1 Å². The molecule has 2 heterocycles. The van der Waals surface area contributed by atoms with Crippen LogP contribution >= 0.6 is 0 Å². The fraction of sp³-hybridized carbons (Fsp3) is 0.857. The van der Waals surface area contributed by atoms with E-state index >= 15 is 0 Å². The zero-order valence-electron chi connectivity index (χ0n) is 12.4. The van der Waals surface area contributed by atoms with Crippen molar-refractivity contribution in [3.8, 4) is 0 Å². The van der Waals surface area contributed by atoms with E-state index in [4.69, 9.17) is 5.11 Å². The molecule has 2 N–H and O–H groups in total. The summed E-state index contributed by atoms with van der Waals surface area (Å²) in [5.41, 5.74) is -0.432. The van der Waals surface area contributed by atoms with Crippen LogP contribution in [-0.2, 0) is 9.59 Å². The highest BCUT2D eigenvalue weighted by Gasteiger charge is 2.38. The Bertz CT molecular complexity index is 372. The van der Waals surface area contributed by atoms with Gasteiger partial charge in [0.15, 0.2) is 0 Å². The highest BCUT2D eigenvalue weighted by molar-refractivity contribution is 5.86. The summed E-state index contributed by atoms with van der Waals surface area (Å²) in [5, 5.41) is 12.4. The fourth-order valence-corrected chi connectivity index (χ4v) is 3.06. The number of carboxylic acids is 1. The van der Waals surface area contributed by atoms with Crippen molar-refractivity contribution in [1.29, 1.82) is 0 Å². The van der Waals surface area contributed by atoms with Gasteiger partial charge in [-0.1, -0.05) is 0 Å². The van der Waals surface area contributed by atoms with Gasteiger partial charge in [-0.3, -0.25) is 14.5 Å². The first kappa shape index (κ1) is 15.3. The van der Waals surface area contributed by atoms with Crippen LogP contribution < -0.4 is 5.32 Å². The van der Waals surface area contributed by atoms with Gasteiger partial charge >= 0.3 is 5.97 Å². The first-order valence-corrected chi connectivity index (χ1v) is 7.45. The minimum atomic E-state index is -0.800. The van der Waals surface area contributed by atoms with Crippen molar-refractivity contribution in [3.63, 3.8) is 0 Å². The summed E-state index contributed by atoms with van der Waals surface area (Å²) in [4.78, 5) is 27.4. The molecule has 2 unspecified atom stereocenters. The third-order valence-electron chi connectivity index (χ3n) is 4.60. The minimum Gasteiger partial charge on any atom is -0.480 e. The molecule has 2 rings (SSSR count). The Morgan fingerprint density at radius 3 is 2.35 bits per heavy atom. The van der Waals surface area contributed by atoms with Crippen molar-refractivity contribution in [2.24, 2.45) is 0 Å². The fourth-order valence-electron chi connectivity index (χ4n) is 3.06. The number of rotatable bonds is 3. The lowest BCUT2D eigenvalue weighted by molar-refractivity contribution is -0.145. The first-order chi connectivity index (χ1) is 9.44. The van der Waals surface area contributed by atoms with Gasteiger partial charge < -0.3 is 15.3 Å². The summed E-state index contributed by atoms with van der Waals surface area (Å²) in [6, 6.07) is -0.476. The van der Waals surface area contributed by atoms with Crippen LogP contribution in [0.1, 0.15) is 33.1 Å². The normalized spacial score (nSPS) is 30.0. The summed E-state index contributed by atoms with van der Waals surface area (Å²) in [7, 11) is 0. The molecule has 1 amide bonds. The molecule has 2 saturated heterocycles. The lowest BCUT2D eigenvalue weighted by Gasteiger charge is -2.42. The lowest BCUT2D eigenvalue weighted by atomic mass is 9.89. The van der Waals surface area contributed by atoms with Crippen molar-refractivity contribution in [2.45, 2.75) is 44.7 Å². The van der Waals surface area contributed by atoms with Gasteiger partial charge in [0.1, 0.15) is 6.04 Å². The Labute approximate surface area is 120 Å². The quantitative estimate of drug-likeness (QED) is 0.770. The molecule has 2 aliphatic heterocycles. The van der Waals surface area contributed by atoms with Gasteiger partial charge in [0, 0.05) is 26.2 Å². The molecule has 0 radical (unpaired) electrons. The zero-order valence-corrected chi connectivity index (χ0v) is 12.4. The number of amides is 1. The van der Waals surface area contributed by atoms with Crippen LogP contribution in [0.5, 0.6) is 0 Å². The molecular formula is C14H25N3O3. The molecule has 6 heteroatoms. The van der Waals surface area contributed by atoms with Crippen LogP contribution in [-0.4, -0.2) is 71.1 Å². The second-order valence-electron chi connectivity index (χ2n) is 6.06. The van der Waals surface area contributed by atoms with Crippen LogP contribution in [0.15, 0.2) is 0 Å². The number of aliphatic carboxylic acids is 1. The number of piperazine rings is 1. The van der Waals surface area contributed by atoms with Crippen LogP contribution in [0.25, 0.3) is 0 Å².